The molecular formula is C12H17NO4S. The third kappa shape index (κ3) is 2.70. The minimum Gasteiger partial charge on any atom is -0.480 e. The number of carboxylic acids is 1. The maximum absolute atomic E-state index is 12.2. The van der Waals surface area contributed by atoms with Gasteiger partial charge in [-0.25, -0.2) is 8.42 Å². The molecule has 0 aliphatic rings. The highest BCUT2D eigenvalue weighted by Gasteiger charge is 2.29. The van der Waals surface area contributed by atoms with E-state index in [9.17, 15) is 13.2 Å². The molecule has 5 nitrogen and oxygen atoms in total. The van der Waals surface area contributed by atoms with E-state index >= 15 is 0 Å². The largest absolute Gasteiger partial charge is 0.480 e. The van der Waals surface area contributed by atoms with Gasteiger partial charge in [-0.2, -0.15) is 4.31 Å². The molecule has 6 heteroatoms. The monoisotopic (exact) mass is 271 g/mol. The summed E-state index contributed by atoms with van der Waals surface area (Å²) in [4.78, 5) is 10.9. The third-order valence-corrected chi connectivity index (χ3v) is 4.98. The van der Waals surface area contributed by atoms with Gasteiger partial charge in [0.25, 0.3) is 0 Å². The molecule has 1 rings (SSSR count). The zero-order valence-electron chi connectivity index (χ0n) is 10.8. The van der Waals surface area contributed by atoms with Crippen molar-refractivity contribution in [3.8, 4) is 0 Å². The van der Waals surface area contributed by atoms with E-state index in [-0.39, 0.29) is 4.90 Å². The summed E-state index contributed by atoms with van der Waals surface area (Å²) in [6.45, 7) is 5.03. The molecule has 1 aromatic carbocycles. The van der Waals surface area contributed by atoms with E-state index in [0.717, 1.165) is 15.4 Å². The first-order valence-electron chi connectivity index (χ1n) is 5.46. The van der Waals surface area contributed by atoms with Gasteiger partial charge in [0, 0.05) is 7.05 Å². The van der Waals surface area contributed by atoms with Crippen LogP contribution in [0.3, 0.4) is 0 Å². The minimum atomic E-state index is -3.77. The summed E-state index contributed by atoms with van der Waals surface area (Å²) in [5.41, 5.74) is 1.84. The Morgan fingerprint density at radius 3 is 2.28 bits per heavy atom. The maximum Gasteiger partial charge on any atom is 0.321 e. The Morgan fingerprint density at radius 2 is 1.83 bits per heavy atom. The van der Waals surface area contributed by atoms with Crippen LogP contribution in [0.5, 0.6) is 0 Å². The lowest BCUT2D eigenvalue weighted by Gasteiger charge is -2.21. The number of hydrogen-bond acceptors (Lipinski definition) is 3. The van der Waals surface area contributed by atoms with E-state index in [1.807, 2.05) is 13.8 Å². The number of sulfonamides is 1. The zero-order valence-corrected chi connectivity index (χ0v) is 11.7. The summed E-state index contributed by atoms with van der Waals surface area (Å²) in [7, 11) is -2.50. The Hall–Kier alpha value is -1.40. The van der Waals surface area contributed by atoms with Crippen molar-refractivity contribution in [1.82, 2.24) is 4.31 Å². The number of likely N-dealkylation sites (N-methyl/N-ethyl adjacent to an activating group) is 1. The van der Waals surface area contributed by atoms with Crippen molar-refractivity contribution in [3.05, 3.63) is 29.3 Å². The van der Waals surface area contributed by atoms with Crippen molar-refractivity contribution < 1.29 is 18.3 Å². The molecule has 0 saturated heterocycles. The predicted molar refractivity (Wildman–Crippen MR) is 68.0 cm³/mol. The molecule has 1 aromatic rings. The molecule has 0 aliphatic heterocycles. The molecule has 0 heterocycles. The summed E-state index contributed by atoms with van der Waals surface area (Å²) < 4.78 is 25.3. The SMILES string of the molecule is Cc1ccc(S(=O)(=O)N(C)C(C)C(=O)O)cc1C. The first-order valence-corrected chi connectivity index (χ1v) is 6.90. The number of aliphatic carboxylic acids is 1. The average Bonchev–Trinajstić information content (AvgIpc) is 2.30. The van der Waals surface area contributed by atoms with Crippen LogP contribution in [0.2, 0.25) is 0 Å². The quantitative estimate of drug-likeness (QED) is 0.898. The van der Waals surface area contributed by atoms with Crippen LogP contribution < -0.4 is 0 Å². The van der Waals surface area contributed by atoms with Crippen molar-refractivity contribution in [1.29, 1.82) is 0 Å². The van der Waals surface area contributed by atoms with Gasteiger partial charge in [0.05, 0.1) is 4.90 Å². The molecule has 1 N–H and O–H groups in total. The molecule has 0 aromatic heterocycles. The van der Waals surface area contributed by atoms with Crippen LogP contribution in [0, 0.1) is 13.8 Å². The van der Waals surface area contributed by atoms with Gasteiger partial charge in [-0.3, -0.25) is 4.79 Å². The molecule has 0 spiro atoms. The number of carbonyl (C=O) groups is 1. The Kier molecular flexibility index (Phi) is 4.13. The molecule has 0 radical (unpaired) electrons. The van der Waals surface area contributed by atoms with Gasteiger partial charge in [-0.05, 0) is 44.0 Å². The molecule has 0 fully saturated rings. The first kappa shape index (κ1) is 14.7. The van der Waals surface area contributed by atoms with Gasteiger partial charge < -0.3 is 5.11 Å². The van der Waals surface area contributed by atoms with Crippen LogP contribution in [0.1, 0.15) is 18.1 Å². The van der Waals surface area contributed by atoms with E-state index in [1.165, 1.54) is 20.0 Å². The summed E-state index contributed by atoms with van der Waals surface area (Å²) >= 11 is 0. The van der Waals surface area contributed by atoms with E-state index in [0.29, 0.717) is 0 Å². The molecular weight excluding hydrogens is 254 g/mol. The lowest BCUT2D eigenvalue weighted by atomic mass is 10.1. The van der Waals surface area contributed by atoms with Crippen molar-refractivity contribution >= 4 is 16.0 Å². The zero-order chi connectivity index (χ0) is 14.1. The molecule has 18 heavy (non-hydrogen) atoms. The van der Waals surface area contributed by atoms with E-state index in [1.54, 1.807) is 12.1 Å². The predicted octanol–water partition coefficient (Wildman–Crippen LogP) is 1.40. The number of hydrogen-bond donors (Lipinski definition) is 1. The molecule has 0 bridgehead atoms. The highest BCUT2D eigenvalue weighted by atomic mass is 32.2. The standard InChI is InChI=1S/C12H17NO4S/c1-8-5-6-11(7-9(8)2)18(16,17)13(4)10(3)12(14)15/h5-7,10H,1-4H3,(H,14,15). The van der Waals surface area contributed by atoms with Crippen LogP contribution >= 0.6 is 0 Å². The van der Waals surface area contributed by atoms with E-state index in [4.69, 9.17) is 5.11 Å². The average molecular weight is 271 g/mol. The molecule has 100 valence electrons. The Balaban J connectivity index is 3.21. The minimum absolute atomic E-state index is 0.112. The van der Waals surface area contributed by atoms with Crippen LogP contribution in [0.15, 0.2) is 23.1 Å². The fraction of sp³-hybridized carbons (Fsp3) is 0.417. The van der Waals surface area contributed by atoms with Crippen molar-refractivity contribution in [2.24, 2.45) is 0 Å². The molecule has 1 atom stereocenters. The number of rotatable bonds is 4. The normalized spacial score (nSPS) is 13.6. The highest BCUT2D eigenvalue weighted by Crippen LogP contribution is 2.19. The number of carboxylic acid groups (broad SMARTS) is 1. The highest BCUT2D eigenvalue weighted by molar-refractivity contribution is 7.89. The van der Waals surface area contributed by atoms with Gasteiger partial charge in [-0.15, -0.1) is 0 Å². The maximum atomic E-state index is 12.2. The molecule has 0 aliphatic carbocycles. The van der Waals surface area contributed by atoms with Crippen molar-refractivity contribution in [2.75, 3.05) is 7.05 Å². The Morgan fingerprint density at radius 1 is 1.28 bits per heavy atom. The first-order chi connectivity index (χ1) is 8.17. The van der Waals surface area contributed by atoms with Crippen LogP contribution in [-0.4, -0.2) is 36.9 Å². The van der Waals surface area contributed by atoms with Gasteiger partial charge in [0.2, 0.25) is 10.0 Å². The fourth-order valence-corrected chi connectivity index (χ4v) is 2.81. The lowest BCUT2D eigenvalue weighted by molar-refractivity contribution is -0.140. The Bertz CT molecular complexity index is 565. The van der Waals surface area contributed by atoms with Gasteiger partial charge >= 0.3 is 5.97 Å². The topological polar surface area (TPSA) is 74.7 Å². The van der Waals surface area contributed by atoms with Gasteiger partial charge in [-0.1, -0.05) is 6.07 Å². The van der Waals surface area contributed by atoms with Gasteiger partial charge in [0.1, 0.15) is 6.04 Å². The lowest BCUT2D eigenvalue weighted by Crippen LogP contribution is -2.40. The van der Waals surface area contributed by atoms with Gasteiger partial charge in [0.15, 0.2) is 0 Å². The number of benzene rings is 1. The van der Waals surface area contributed by atoms with E-state index < -0.39 is 22.0 Å². The fourth-order valence-electron chi connectivity index (χ4n) is 1.40. The third-order valence-electron chi connectivity index (χ3n) is 3.06. The molecule has 1 unspecified atom stereocenters. The second-order valence-electron chi connectivity index (χ2n) is 4.28. The van der Waals surface area contributed by atoms with E-state index in [2.05, 4.69) is 0 Å². The van der Waals surface area contributed by atoms with Crippen LogP contribution in [0.4, 0.5) is 0 Å². The van der Waals surface area contributed by atoms with Crippen LogP contribution in [0.25, 0.3) is 0 Å². The molecule has 0 amide bonds. The number of aryl methyl sites for hydroxylation is 2. The number of nitrogens with zero attached hydrogens (tertiary/aromatic N) is 1. The molecule has 0 saturated carbocycles. The second-order valence-corrected chi connectivity index (χ2v) is 6.28. The van der Waals surface area contributed by atoms with Crippen molar-refractivity contribution in [2.45, 2.75) is 31.7 Å². The summed E-state index contributed by atoms with van der Waals surface area (Å²) in [6, 6.07) is 3.65. The smallest absolute Gasteiger partial charge is 0.321 e. The van der Waals surface area contributed by atoms with Crippen LogP contribution in [-0.2, 0) is 14.8 Å². The summed E-state index contributed by atoms with van der Waals surface area (Å²) in [5.74, 6) is -1.18. The van der Waals surface area contributed by atoms with Crippen molar-refractivity contribution in [3.63, 3.8) is 0 Å². The Labute approximate surface area is 107 Å². The second kappa shape index (κ2) is 5.07. The summed E-state index contributed by atoms with van der Waals surface area (Å²) in [6.07, 6.45) is 0. The summed E-state index contributed by atoms with van der Waals surface area (Å²) in [5, 5.41) is 8.86.